The summed E-state index contributed by atoms with van der Waals surface area (Å²) in [4.78, 5) is 12.4. The first-order valence-electron chi connectivity index (χ1n) is 7.81. The number of H-pyrrole nitrogens is 1. The second-order valence-corrected chi connectivity index (χ2v) is 5.96. The lowest BCUT2D eigenvalue weighted by Gasteiger charge is -2.22. The van der Waals surface area contributed by atoms with E-state index in [1.54, 1.807) is 0 Å². The van der Waals surface area contributed by atoms with Gasteiger partial charge in [-0.2, -0.15) is 5.10 Å². The Morgan fingerprint density at radius 2 is 2.27 bits per heavy atom. The van der Waals surface area contributed by atoms with Crippen molar-refractivity contribution in [1.82, 2.24) is 10.2 Å². The van der Waals surface area contributed by atoms with E-state index in [2.05, 4.69) is 27.6 Å². The summed E-state index contributed by atoms with van der Waals surface area (Å²) in [5.41, 5.74) is 11.8. The Morgan fingerprint density at radius 1 is 1.45 bits per heavy atom. The maximum Gasteiger partial charge on any atom is 0.273 e. The van der Waals surface area contributed by atoms with E-state index in [4.69, 9.17) is 5.73 Å². The van der Waals surface area contributed by atoms with Gasteiger partial charge >= 0.3 is 0 Å². The van der Waals surface area contributed by atoms with Crippen LogP contribution in [0.3, 0.4) is 0 Å². The number of nitrogens with one attached hydrogen (secondary N) is 2. The van der Waals surface area contributed by atoms with Crippen molar-refractivity contribution in [3.8, 4) is 0 Å². The maximum atomic E-state index is 12.4. The molecule has 3 rings (SSSR count). The number of benzene rings is 1. The van der Waals surface area contributed by atoms with Crippen molar-refractivity contribution in [2.45, 2.75) is 45.6 Å². The van der Waals surface area contributed by atoms with Gasteiger partial charge in [-0.05, 0) is 55.9 Å². The first-order chi connectivity index (χ1) is 10.6. The second kappa shape index (κ2) is 5.93. The van der Waals surface area contributed by atoms with Crippen molar-refractivity contribution in [2.24, 2.45) is 5.73 Å². The van der Waals surface area contributed by atoms with Gasteiger partial charge in [0, 0.05) is 17.3 Å². The number of amides is 1. The van der Waals surface area contributed by atoms with Gasteiger partial charge in [-0.1, -0.05) is 13.0 Å². The van der Waals surface area contributed by atoms with Gasteiger partial charge in [-0.15, -0.1) is 0 Å². The molecule has 0 radical (unpaired) electrons. The first kappa shape index (κ1) is 14.8. The van der Waals surface area contributed by atoms with Crippen molar-refractivity contribution in [2.75, 3.05) is 5.32 Å². The molecular weight excluding hydrogens is 276 g/mol. The molecule has 4 N–H and O–H groups in total. The molecule has 1 aromatic carbocycles. The highest BCUT2D eigenvalue weighted by Gasteiger charge is 2.18. The summed E-state index contributed by atoms with van der Waals surface area (Å²) in [7, 11) is 0. The third kappa shape index (κ3) is 2.76. The van der Waals surface area contributed by atoms with Crippen molar-refractivity contribution in [3.63, 3.8) is 0 Å². The summed E-state index contributed by atoms with van der Waals surface area (Å²) in [6.07, 6.45) is 3.71. The molecule has 1 unspecified atom stereocenters. The lowest BCUT2D eigenvalue weighted by atomic mass is 9.88. The van der Waals surface area contributed by atoms with Crippen molar-refractivity contribution in [1.29, 1.82) is 0 Å². The van der Waals surface area contributed by atoms with E-state index >= 15 is 0 Å². The predicted molar refractivity (Wildman–Crippen MR) is 87.1 cm³/mol. The standard InChI is InChI=1S/C17H22N4O/c1-3-15-10(2)16(21-20-15)17(22)19-14-7-5-11-8-13(18)6-4-12(11)9-14/h5,7,9,13H,3-4,6,8,18H2,1-2H3,(H,19,22)(H,20,21). The summed E-state index contributed by atoms with van der Waals surface area (Å²) in [6.45, 7) is 3.95. The highest BCUT2D eigenvalue weighted by atomic mass is 16.1. The number of fused-ring (bicyclic) bond motifs is 1. The van der Waals surface area contributed by atoms with Gasteiger partial charge in [-0.25, -0.2) is 0 Å². The van der Waals surface area contributed by atoms with Gasteiger partial charge in [-0.3, -0.25) is 9.89 Å². The van der Waals surface area contributed by atoms with Crippen LogP contribution in [0.1, 0.15) is 46.2 Å². The molecule has 0 saturated heterocycles. The Kier molecular flexibility index (Phi) is 3.98. The predicted octanol–water partition coefficient (Wildman–Crippen LogP) is 2.35. The number of nitrogens with two attached hydrogens (primary N) is 1. The van der Waals surface area contributed by atoms with Gasteiger partial charge in [0.1, 0.15) is 5.69 Å². The third-order valence-electron chi connectivity index (χ3n) is 4.40. The largest absolute Gasteiger partial charge is 0.327 e. The molecule has 1 aliphatic carbocycles. The summed E-state index contributed by atoms with van der Waals surface area (Å²) < 4.78 is 0. The average Bonchev–Trinajstić information content (AvgIpc) is 2.88. The molecule has 0 bridgehead atoms. The number of hydrogen-bond donors (Lipinski definition) is 3. The fourth-order valence-electron chi connectivity index (χ4n) is 3.06. The molecule has 1 aromatic heterocycles. The zero-order valence-electron chi connectivity index (χ0n) is 13.1. The Hall–Kier alpha value is -2.14. The summed E-state index contributed by atoms with van der Waals surface area (Å²) in [5.74, 6) is -0.142. The van der Waals surface area contributed by atoms with Gasteiger partial charge in [0.25, 0.3) is 5.91 Å². The van der Waals surface area contributed by atoms with E-state index in [0.717, 1.165) is 42.6 Å². The molecule has 1 aliphatic rings. The Balaban J connectivity index is 1.78. The molecule has 22 heavy (non-hydrogen) atoms. The van der Waals surface area contributed by atoms with Crippen LogP contribution in [0.25, 0.3) is 0 Å². The number of aryl methyl sites for hydroxylation is 2. The van der Waals surface area contributed by atoms with E-state index < -0.39 is 0 Å². The van der Waals surface area contributed by atoms with Crippen LogP contribution in [0.4, 0.5) is 5.69 Å². The van der Waals surface area contributed by atoms with Crippen molar-refractivity contribution < 1.29 is 4.79 Å². The van der Waals surface area contributed by atoms with Crippen LogP contribution in [0.15, 0.2) is 18.2 Å². The molecule has 116 valence electrons. The van der Waals surface area contributed by atoms with Crippen LogP contribution in [0.2, 0.25) is 0 Å². The van der Waals surface area contributed by atoms with E-state index in [9.17, 15) is 4.79 Å². The normalized spacial score (nSPS) is 17.1. The summed E-state index contributed by atoms with van der Waals surface area (Å²) in [6, 6.07) is 6.33. The number of aromatic amines is 1. The number of aromatic nitrogens is 2. The molecule has 0 fully saturated rings. The van der Waals surface area contributed by atoms with Crippen molar-refractivity contribution >= 4 is 11.6 Å². The van der Waals surface area contributed by atoms with Crippen LogP contribution >= 0.6 is 0 Å². The maximum absolute atomic E-state index is 12.4. The fraction of sp³-hybridized carbons (Fsp3) is 0.412. The number of rotatable bonds is 3. The number of carbonyl (C=O) groups excluding carboxylic acids is 1. The molecule has 5 nitrogen and oxygen atoms in total. The van der Waals surface area contributed by atoms with E-state index in [-0.39, 0.29) is 11.9 Å². The number of hydrogen-bond acceptors (Lipinski definition) is 3. The highest BCUT2D eigenvalue weighted by molar-refractivity contribution is 6.04. The van der Waals surface area contributed by atoms with Crippen LogP contribution in [0.5, 0.6) is 0 Å². The average molecular weight is 298 g/mol. The molecule has 1 atom stereocenters. The quantitative estimate of drug-likeness (QED) is 0.813. The van der Waals surface area contributed by atoms with Gasteiger partial charge in [0.05, 0.1) is 5.69 Å². The van der Waals surface area contributed by atoms with Crippen LogP contribution in [-0.2, 0) is 19.3 Å². The SMILES string of the molecule is CCc1n[nH]c(C(=O)Nc2ccc3c(c2)CCC(N)C3)c1C. The lowest BCUT2D eigenvalue weighted by Crippen LogP contribution is -2.27. The minimum Gasteiger partial charge on any atom is -0.327 e. The van der Waals surface area contributed by atoms with Crippen LogP contribution in [-0.4, -0.2) is 22.1 Å². The summed E-state index contributed by atoms with van der Waals surface area (Å²) >= 11 is 0. The molecule has 1 amide bonds. The zero-order chi connectivity index (χ0) is 15.7. The fourth-order valence-corrected chi connectivity index (χ4v) is 3.06. The van der Waals surface area contributed by atoms with E-state index in [1.165, 1.54) is 11.1 Å². The highest BCUT2D eigenvalue weighted by Crippen LogP contribution is 2.24. The first-order valence-corrected chi connectivity index (χ1v) is 7.81. The zero-order valence-corrected chi connectivity index (χ0v) is 13.1. The smallest absolute Gasteiger partial charge is 0.273 e. The lowest BCUT2D eigenvalue weighted by molar-refractivity contribution is 0.102. The number of carbonyl (C=O) groups is 1. The van der Waals surface area contributed by atoms with Crippen LogP contribution < -0.4 is 11.1 Å². The number of anilines is 1. The Morgan fingerprint density at radius 3 is 3.00 bits per heavy atom. The topological polar surface area (TPSA) is 83.8 Å². The molecule has 1 heterocycles. The third-order valence-corrected chi connectivity index (χ3v) is 4.40. The van der Waals surface area contributed by atoms with E-state index in [1.807, 2.05) is 19.9 Å². The van der Waals surface area contributed by atoms with E-state index in [0.29, 0.717) is 5.69 Å². The molecule has 0 spiro atoms. The van der Waals surface area contributed by atoms with Gasteiger partial charge in [0.15, 0.2) is 0 Å². The Bertz CT molecular complexity index is 705. The number of nitrogens with zero attached hydrogens (tertiary/aromatic N) is 1. The molecule has 5 heteroatoms. The van der Waals surface area contributed by atoms with Gasteiger partial charge < -0.3 is 11.1 Å². The summed E-state index contributed by atoms with van der Waals surface area (Å²) in [5, 5.41) is 9.97. The minimum atomic E-state index is -0.142. The second-order valence-electron chi connectivity index (χ2n) is 5.96. The monoisotopic (exact) mass is 298 g/mol. The molecule has 0 saturated carbocycles. The molecular formula is C17H22N4O. The van der Waals surface area contributed by atoms with Crippen LogP contribution in [0, 0.1) is 6.92 Å². The van der Waals surface area contributed by atoms with Crippen molar-refractivity contribution in [3.05, 3.63) is 46.3 Å². The minimum absolute atomic E-state index is 0.142. The Labute approximate surface area is 130 Å². The molecule has 2 aromatic rings. The van der Waals surface area contributed by atoms with Gasteiger partial charge in [0.2, 0.25) is 0 Å². The molecule has 0 aliphatic heterocycles.